The molecule has 0 N–H and O–H groups in total. The Morgan fingerprint density at radius 1 is 0.895 bits per heavy atom. The molecule has 2 aliphatic rings. The number of hydrogen-bond acceptors (Lipinski definition) is 1. The second-order valence-corrected chi connectivity index (χ2v) is 15.3. The molecule has 0 aromatic carbocycles. The zero-order chi connectivity index (χ0) is 15.1. The maximum Gasteiger partial charge on any atom is 0.144 e. The van der Waals surface area contributed by atoms with Crippen LogP contribution in [0.25, 0.3) is 0 Å². The molecular weight excluding hydrogens is 246 g/mol. The van der Waals surface area contributed by atoms with Crippen molar-refractivity contribution in [1.29, 1.82) is 0 Å². The Kier molecular flexibility index (Phi) is 3.01. The van der Waals surface area contributed by atoms with Crippen molar-refractivity contribution in [3.05, 3.63) is 0 Å². The molecule has 1 unspecified atom stereocenters. The van der Waals surface area contributed by atoms with Crippen LogP contribution in [0.1, 0.15) is 75.7 Å². The van der Waals surface area contributed by atoms with Gasteiger partial charge in [-0.1, -0.05) is 48.5 Å². The fraction of sp³-hybridized carbons (Fsp3) is 1.00. The Hall–Kier alpha value is 0.177. The minimum atomic E-state index is -1.44. The molecular formula is C17H35NSi. The first kappa shape index (κ1) is 15.6. The lowest BCUT2D eigenvalue weighted by atomic mass is 9.89. The van der Waals surface area contributed by atoms with E-state index < -0.39 is 8.24 Å². The lowest BCUT2D eigenvalue weighted by Gasteiger charge is -2.44. The molecule has 0 aliphatic carbocycles. The van der Waals surface area contributed by atoms with Crippen molar-refractivity contribution >= 4 is 8.24 Å². The van der Waals surface area contributed by atoms with Gasteiger partial charge in [0.1, 0.15) is 8.24 Å². The summed E-state index contributed by atoms with van der Waals surface area (Å²) in [4.78, 5) is 0. The summed E-state index contributed by atoms with van der Waals surface area (Å²) in [5, 5.41) is 1.09. The molecule has 2 aliphatic heterocycles. The second-order valence-electron chi connectivity index (χ2n) is 10.0. The zero-order valence-electron chi connectivity index (χ0n) is 14.9. The summed E-state index contributed by atoms with van der Waals surface area (Å²) in [6, 6.07) is 0. The summed E-state index contributed by atoms with van der Waals surface area (Å²) in [5.74, 6) is 0. The Morgan fingerprint density at radius 2 is 1.32 bits per heavy atom. The van der Waals surface area contributed by atoms with E-state index in [0.29, 0.717) is 21.0 Å². The van der Waals surface area contributed by atoms with Crippen LogP contribution in [0, 0.1) is 5.41 Å². The monoisotopic (exact) mass is 281 g/mol. The summed E-state index contributed by atoms with van der Waals surface area (Å²) in [7, 11) is -1.44. The van der Waals surface area contributed by atoms with E-state index in [1.807, 2.05) is 0 Å². The van der Waals surface area contributed by atoms with Crippen molar-refractivity contribution in [3.63, 3.8) is 0 Å². The number of hydrogen-bond donors (Lipinski definition) is 0. The van der Waals surface area contributed by atoms with Crippen LogP contribution in [-0.2, 0) is 0 Å². The summed E-state index contributed by atoms with van der Waals surface area (Å²) >= 11 is 0. The van der Waals surface area contributed by atoms with Crippen LogP contribution >= 0.6 is 0 Å². The molecule has 2 rings (SSSR count). The predicted octanol–water partition coefficient (Wildman–Crippen LogP) is 5.43. The first-order valence-corrected chi connectivity index (χ1v) is 10.0. The Balaban J connectivity index is 2.56. The van der Waals surface area contributed by atoms with E-state index in [1.165, 1.54) is 13.0 Å². The van der Waals surface area contributed by atoms with Gasteiger partial charge in [0.15, 0.2) is 0 Å². The molecule has 1 nitrogen and oxygen atoms in total. The second kappa shape index (κ2) is 3.68. The lowest BCUT2D eigenvalue weighted by molar-refractivity contribution is 0.260. The third kappa shape index (κ3) is 1.62. The SMILES string of the molecule is CC(C)(C)C1CCN(C(C)(C)C)[Si]12C(C)(C)C2(C)C. The summed E-state index contributed by atoms with van der Waals surface area (Å²) in [6.07, 6.45) is 1.42. The molecule has 0 amide bonds. The largest absolute Gasteiger partial charge is 0.318 e. The number of rotatable bonds is 0. The van der Waals surface area contributed by atoms with Gasteiger partial charge >= 0.3 is 0 Å². The van der Waals surface area contributed by atoms with Crippen LogP contribution in [0.2, 0.25) is 15.6 Å². The van der Waals surface area contributed by atoms with Crippen LogP contribution in [0.15, 0.2) is 0 Å². The highest BCUT2D eigenvalue weighted by Crippen LogP contribution is 2.88. The molecule has 1 spiro atoms. The van der Waals surface area contributed by atoms with Gasteiger partial charge in [-0.05, 0) is 54.8 Å². The van der Waals surface area contributed by atoms with Crippen LogP contribution in [0.3, 0.4) is 0 Å². The molecule has 0 radical (unpaired) electrons. The van der Waals surface area contributed by atoms with Crippen molar-refractivity contribution in [2.75, 3.05) is 6.54 Å². The predicted molar refractivity (Wildman–Crippen MR) is 88.1 cm³/mol. The van der Waals surface area contributed by atoms with Gasteiger partial charge in [0.25, 0.3) is 0 Å². The molecule has 2 heterocycles. The molecule has 2 heteroatoms. The van der Waals surface area contributed by atoms with E-state index >= 15 is 0 Å². The fourth-order valence-corrected chi connectivity index (χ4v) is 15.5. The third-order valence-electron chi connectivity index (χ3n) is 6.83. The maximum atomic E-state index is 2.98. The van der Waals surface area contributed by atoms with Gasteiger partial charge in [0.2, 0.25) is 0 Å². The summed E-state index contributed by atoms with van der Waals surface area (Å²) in [5.41, 5.74) is 1.72. The van der Waals surface area contributed by atoms with E-state index in [-0.39, 0.29) is 0 Å². The molecule has 0 aromatic rings. The Labute approximate surface area is 122 Å². The Morgan fingerprint density at radius 3 is 1.58 bits per heavy atom. The minimum absolute atomic E-state index is 0.331. The average Bonchev–Trinajstić information content (AvgIpc) is 2.52. The van der Waals surface area contributed by atoms with Gasteiger partial charge in [-0.3, -0.25) is 0 Å². The molecule has 1 atom stereocenters. The van der Waals surface area contributed by atoms with Crippen molar-refractivity contribution in [3.8, 4) is 0 Å². The van der Waals surface area contributed by atoms with Crippen LogP contribution < -0.4 is 0 Å². The normalized spacial score (nSPS) is 32.8. The van der Waals surface area contributed by atoms with Crippen molar-refractivity contribution < 1.29 is 0 Å². The van der Waals surface area contributed by atoms with E-state index in [9.17, 15) is 0 Å². The van der Waals surface area contributed by atoms with Crippen molar-refractivity contribution in [2.45, 2.75) is 96.8 Å². The van der Waals surface area contributed by atoms with Gasteiger partial charge in [0.05, 0.1) is 0 Å². The lowest BCUT2D eigenvalue weighted by Crippen LogP contribution is -2.54. The van der Waals surface area contributed by atoms with E-state index in [4.69, 9.17) is 0 Å². The molecule has 0 aromatic heterocycles. The van der Waals surface area contributed by atoms with Crippen molar-refractivity contribution in [2.24, 2.45) is 5.41 Å². The quantitative estimate of drug-likeness (QED) is 0.535. The first-order chi connectivity index (χ1) is 8.22. The van der Waals surface area contributed by atoms with E-state index in [2.05, 4.69) is 73.8 Å². The topological polar surface area (TPSA) is 3.24 Å². The fourth-order valence-electron chi connectivity index (χ4n) is 5.63. The third-order valence-corrected chi connectivity index (χ3v) is 15.6. The number of nitrogens with zero attached hydrogens (tertiary/aromatic N) is 1. The molecule has 112 valence electrons. The zero-order valence-corrected chi connectivity index (χ0v) is 15.9. The molecule has 0 bridgehead atoms. The van der Waals surface area contributed by atoms with E-state index in [0.717, 1.165) is 5.54 Å². The van der Waals surface area contributed by atoms with Gasteiger partial charge < -0.3 is 4.57 Å². The highest BCUT2D eigenvalue weighted by Gasteiger charge is 2.86. The molecule has 0 saturated carbocycles. The van der Waals surface area contributed by atoms with Crippen LogP contribution in [0.4, 0.5) is 0 Å². The van der Waals surface area contributed by atoms with Gasteiger partial charge in [-0.25, -0.2) is 0 Å². The first-order valence-electron chi connectivity index (χ1n) is 8.00. The van der Waals surface area contributed by atoms with Gasteiger partial charge in [-0.2, -0.15) is 0 Å². The molecule has 2 fully saturated rings. The maximum absolute atomic E-state index is 2.98. The summed E-state index contributed by atoms with van der Waals surface area (Å²) in [6.45, 7) is 26.3. The van der Waals surface area contributed by atoms with Crippen molar-refractivity contribution in [1.82, 2.24) is 4.57 Å². The van der Waals surface area contributed by atoms with Gasteiger partial charge in [-0.15, -0.1) is 0 Å². The standard InChI is InChI=1S/C17H35NSi/c1-14(2,3)13-11-12-18(15(4,5)6)19(13)16(7,8)17(19,9)10/h13H,11-12H2,1-10H3. The van der Waals surface area contributed by atoms with Crippen LogP contribution in [0.5, 0.6) is 0 Å². The molecule has 19 heavy (non-hydrogen) atoms. The Bertz CT molecular complexity index is 343. The van der Waals surface area contributed by atoms with E-state index in [1.54, 1.807) is 0 Å². The van der Waals surface area contributed by atoms with Gasteiger partial charge in [0, 0.05) is 5.54 Å². The minimum Gasteiger partial charge on any atom is -0.318 e. The van der Waals surface area contributed by atoms with Crippen LogP contribution in [-0.4, -0.2) is 24.9 Å². The smallest absolute Gasteiger partial charge is 0.144 e. The summed E-state index contributed by atoms with van der Waals surface area (Å²) < 4.78 is 2.98. The highest BCUT2D eigenvalue weighted by molar-refractivity contribution is 6.96. The molecule has 2 saturated heterocycles. The average molecular weight is 282 g/mol. The highest BCUT2D eigenvalue weighted by atomic mass is 28.3.